The first-order valence-electron chi connectivity index (χ1n) is 5.46. The van der Waals surface area contributed by atoms with E-state index in [1.807, 2.05) is 23.5 Å². The summed E-state index contributed by atoms with van der Waals surface area (Å²) < 4.78 is 0.188. The smallest absolute Gasteiger partial charge is 0.152 e. The number of unbranched alkanes of at least 4 members (excludes halogenated alkanes) is 2. The summed E-state index contributed by atoms with van der Waals surface area (Å²) in [5.41, 5.74) is 0. The van der Waals surface area contributed by atoms with Gasteiger partial charge >= 0.3 is 0 Å². The molecule has 0 unspecified atom stereocenters. The van der Waals surface area contributed by atoms with Gasteiger partial charge in [-0.25, -0.2) is 0 Å². The minimum atomic E-state index is 0.188. The lowest BCUT2D eigenvalue weighted by molar-refractivity contribution is -0.115. The molecular weight excluding hydrogens is 212 g/mol. The third-order valence-corrected chi connectivity index (χ3v) is 5.00. The van der Waals surface area contributed by atoms with E-state index < -0.39 is 0 Å². The molecule has 0 heterocycles. The summed E-state index contributed by atoms with van der Waals surface area (Å²) in [6.45, 7) is 6.09. The van der Waals surface area contributed by atoms with Gasteiger partial charge in [-0.2, -0.15) is 0 Å². The van der Waals surface area contributed by atoms with Gasteiger partial charge in [-0.05, 0) is 31.3 Å². The van der Waals surface area contributed by atoms with Gasteiger partial charge in [0, 0.05) is 0 Å². The Hall–Kier alpha value is 0.370. The summed E-state index contributed by atoms with van der Waals surface area (Å²) in [5.74, 6) is 2.58. The first-order chi connectivity index (χ1) is 6.72. The number of rotatable bonds is 9. The minimum absolute atomic E-state index is 0.188. The van der Waals surface area contributed by atoms with Crippen molar-refractivity contribution in [3.8, 4) is 0 Å². The van der Waals surface area contributed by atoms with Crippen molar-refractivity contribution >= 4 is 29.3 Å². The maximum Gasteiger partial charge on any atom is 0.152 e. The van der Waals surface area contributed by atoms with Crippen LogP contribution < -0.4 is 0 Å². The number of thioether (sulfide) groups is 2. The fourth-order valence-corrected chi connectivity index (χ4v) is 3.72. The Balaban J connectivity index is 3.61. The monoisotopic (exact) mass is 234 g/mol. The number of hydrogen-bond donors (Lipinski definition) is 0. The van der Waals surface area contributed by atoms with Crippen LogP contribution in [0.5, 0.6) is 0 Å². The lowest BCUT2D eigenvalue weighted by atomic mass is 10.4. The van der Waals surface area contributed by atoms with E-state index in [0.717, 1.165) is 11.5 Å². The van der Waals surface area contributed by atoms with Gasteiger partial charge in [0.1, 0.15) is 4.58 Å². The number of hydrogen-bond acceptors (Lipinski definition) is 3. The van der Waals surface area contributed by atoms with E-state index in [-0.39, 0.29) is 4.58 Å². The maximum absolute atomic E-state index is 11.3. The Morgan fingerprint density at radius 1 is 1.07 bits per heavy atom. The molecule has 0 aromatic rings. The average molecular weight is 234 g/mol. The number of carbonyl (C=O) groups is 1. The number of Topliss-reactive ketones (excluding diaryl/α,β-unsaturated/α-hetero) is 1. The molecule has 3 heteroatoms. The Morgan fingerprint density at radius 2 is 1.50 bits per heavy atom. The van der Waals surface area contributed by atoms with Crippen molar-refractivity contribution in [1.82, 2.24) is 0 Å². The molecule has 0 rings (SSSR count). The van der Waals surface area contributed by atoms with Crippen molar-refractivity contribution in [2.45, 2.75) is 51.0 Å². The summed E-state index contributed by atoms with van der Waals surface area (Å²) in [6, 6.07) is 0. The fraction of sp³-hybridized carbons (Fsp3) is 0.909. The molecule has 84 valence electrons. The lowest BCUT2D eigenvalue weighted by Crippen LogP contribution is -2.10. The number of ketones is 1. The molecule has 0 N–H and O–H groups in total. The summed E-state index contributed by atoms with van der Waals surface area (Å²) in [5, 5.41) is 0. The van der Waals surface area contributed by atoms with Crippen molar-refractivity contribution in [1.29, 1.82) is 0 Å². The van der Waals surface area contributed by atoms with E-state index in [0.29, 0.717) is 5.78 Å². The van der Waals surface area contributed by atoms with Crippen LogP contribution in [0.1, 0.15) is 46.5 Å². The molecule has 0 aliphatic heterocycles. The number of carbonyl (C=O) groups excluding carboxylic acids is 1. The summed E-state index contributed by atoms with van der Waals surface area (Å²) in [4.78, 5) is 11.3. The summed E-state index contributed by atoms with van der Waals surface area (Å²) >= 11 is 3.64. The van der Waals surface area contributed by atoms with Crippen molar-refractivity contribution in [3.05, 3.63) is 0 Å². The predicted molar refractivity (Wildman–Crippen MR) is 69.2 cm³/mol. The van der Waals surface area contributed by atoms with Gasteiger partial charge < -0.3 is 0 Å². The SMILES string of the molecule is CCCCSC(SCCCC)C(C)=O. The Labute approximate surface area is 96.8 Å². The first kappa shape index (κ1) is 14.4. The molecule has 0 aromatic carbocycles. The highest BCUT2D eigenvalue weighted by molar-refractivity contribution is 8.18. The zero-order valence-electron chi connectivity index (χ0n) is 9.54. The van der Waals surface area contributed by atoms with Crippen LogP contribution in [0.2, 0.25) is 0 Å². The molecule has 0 aliphatic rings. The third kappa shape index (κ3) is 7.74. The molecule has 0 radical (unpaired) electrons. The lowest BCUT2D eigenvalue weighted by Gasteiger charge is -2.12. The molecule has 0 spiro atoms. The van der Waals surface area contributed by atoms with Crippen LogP contribution in [0.25, 0.3) is 0 Å². The van der Waals surface area contributed by atoms with E-state index in [1.54, 1.807) is 6.92 Å². The van der Waals surface area contributed by atoms with Crippen molar-refractivity contribution < 1.29 is 4.79 Å². The standard InChI is InChI=1S/C11H22OS2/c1-4-6-8-13-11(10(3)12)14-9-7-5-2/h11H,4-9H2,1-3H3. The highest BCUT2D eigenvalue weighted by Crippen LogP contribution is 2.26. The van der Waals surface area contributed by atoms with Crippen LogP contribution in [0.3, 0.4) is 0 Å². The molecule has 0 saturated carbocycles. The summed E-state index contributed by atoms with van der Waals surface area (Å²) in [7, 11) is 0. The second kappa shape index (κ2) is 9.91. The van der Waals surface area contributed by atoms with Crippen molar-refractivity contribution in [2.75, 3.05) is 11.5 Å². The van der Waals surface area contributed by atoms with Gasteiger partial charge in [-0.15, -0.1) is 23.5 Å². The van der Waals surface area contributed by atoms with Gasteiger partial charge in [0.15, 0.2) is 5.78 Å². The predicted octanol–water partition coefficient (Wildman–Crippen LogP) is 3.97. The van der Waals surface area contributed by atoms with Crippen molar-refractivity contribution in [2.24, 2.45) is 0 Å². The molecule has 0 aromatic heterocycles. The van der Waals surface area contributed by atoms with Gasteiger partial charge in [0.05, 0.1) is 0 Å². The van der Waals surface area contributed by atoms with E-state index >= 15 is 0 Å². The third-order valence-electron chi connectivity index (χ3n) is 1.87. The van der Waals surface area contributed by atoms with Gasteiger partial charge in [-0.1, -0.05) is 26.7 Å². The summed E-state index contributed by atoms with van der Waals surface area (Å²) in [6.07, 6.45) is 4.89. The van der Waals surface area contributed by atoms with Gasteiger partial charge in [-0.3, -0.25) is 4.79 Å². The quantitative estimate of drug-likeness (QED) is 0.444. The van der Waals surface area contributed by atoms with Crippen LogP contribution in [0.15, 0.2) is 0 Å². The highest BCUT2D eigenvalue weighted by atomic mass is 32.2. The second-order valence-electron chi connectivity index (χ2n) is 3.39. The maximum atomic E-state index is 11.3. The molecular formula is C11H22OS2. The first-order valence-corrected chi connectivity index (χ1v) is 7.55. The van der Waals surface area contributed by atoms with Crippen LogP contribution in [-0.2, 0) is 4.79 Å². The minimum Gasteiger partial charge on any atom is -0.298 e. The van der Waals surface area contributed by atoms with E-state index in [2.05, 4.69) is 13.8 Å². The van der Waals surface area contributed by atoms with Crippen LogP contribution in [0, 0.1) is 0 Å². The molecule has 0 atom stereocenters. The molecule has 14 heavy (non-hydrogen) atoms. The van der Waals surface area contributed by atoms with Crippen molar-refractivity contribution in [3.63, 3.8) is 0 Å². The average Bonchev–Trinajstić information content (AvgIpc) is 2.15. The second-order valence-corrected chi connectivity index (χ2v) is 6.12. The Bertz CT molecular complexity index is 138. The van der Waals surface area contributed by atoms with Crippen LogP contribution >= 0.6 is 23.5 Å². The van der Waals surface area contributed by atoms with E-state index in [9.17, 15) is 4.79 Å². The zero-order chi connectivity index (χ0) is 10.8. The molecule has 0 saturated heterocycles. The Morgan fingerprint density at radius 3 is 1.79 bits per heavy atom. The largest absolute Gasteiger partial charge is 0.298 e. The fourth-order valence-electron chi connectivity index (χ4n) is 0.952. The van der Waals surface area contributed by atoms with Gasteiger partial charge in [0.2, 0.25) is 0 Å². The normalized spacial score (nSPS) is 10.9. The zero-order valence-corrected chi connectivity index (χ0v) is 11.2. The Kier molecular flexibility index (Phi) is 10.2. The molecule has 1 nitrogen and oxygen atoms in total. The van der Waals surface area contributed by atoms with Gasteiger partial charge in [0.25, 0.3) is 0 Å². The topological polar surface area (TPSA) is 17.1 Å². The van der Waals surface area contributed by atoms with Crippen LogP contribution in [0.4, 0.5) is 0 Å². The van der Waals surface area contributed by atoms with Crippen LogP contribution in [-0.4, -0.2) is 21.9 Å². The molecule has 0 amide bonds. The van der Waals surface area contributed by atoms with E-state index in [1.165, 1.54) is 25.7 Å². The highest BCUT2D eigenvalue weighted by Gasteiger charge is 2.13. The van der Waals surface area contributed by atoms with E-state index in [4.69, 9.17) is 0 Å². The molecule has 0 fully saturated rings. The molecule has 0 aliphatic carbocycles. The molecule has 0 bridgehead atoms.